The van der Waals surface area contributed by atoms with Gasteiger partial charge in [-0.2, -0.15) is 5.10 Å². The average Bonchev–Trinajstić information content (AvgIpc) is 2.97. The number of aryl methyl sites for hydroxylation is 1. The summed E-state index contributed by atoms with van der Waals surface area (Å²) in [6.07, 6.45) is 4.93. The van der Waals surface area contributed by atoms with Crippen LogP contribution in [0.2, 0.25) is 0 Å². The molecule has 0 saturated carbocycles. The minimum Gasteiger partial charge on any atom is -0.481 e. The SMILES string of the molecule is C=C/C=C(\C=C)COC(=O)Nc1ccc(Cn2nc(C)c(CCC(=O)O)c2C)cc1. The third-order valence-electron chi connectivity index (χ3n) is 4.62. The fraction of sp³-hybridized carbons (Fsp3) is 0.261. The Bertz CT molecular complexity index is 956. The summed E-state index contributed by atoms with van der Waals surface area (Å²) in [5, 5.41) is 16.1. The number of allylic oxidation sites excluding steroid dienone is 2. The summed E-state index contributed by atoms with van der Waals surface area (Å²) in [4.78, 5) is 22.8. The van der Waals surface area contributed by atoms with Crippen LogP contribution in [-0.4, -0.2) is 33.6 Å². The highest BCUT2D eigenvalue weighted by atomic mass is 16.5. The molecule has 0 fully saturated rings. The highest BCUT2D eigenvalue weighted by molar-refractivity contribution is 5.84. The van der Waals surface area contributed by atoms with E-state index in [4.69, 9.17) is 9.84 Å². The van der Waals surface area contributed by atoms with E-state index in [1.165, 1.54) is 0 Å². The second kappa shape index (κ2) is 10.8. The number of nitrogens with one attached hydrogen (secondary N) is 1. The Morgan fingerprint density at radius 2 is 1.93 bits per heavy atom. The van der Waals surface area contributed by atoms with Crippen LogP contribution in [0.25, 0.3) is 0 Å². The molecule has 0 aliphatic heterocycles. The highest BCUT2D eigenvalue weighted by Gasteiger charge is 2.13. The molecule has 2 aromatic rings. The largest absolute Gasteiger partial charge is 0.481 e. The van der Waals surface area contributed by atoms with E-state index in [0.717, 1.165) is 28.1 Å². The van der Waals surface area contributed by atoms with Crippen LogP contribution in [0.4, 0.5) is 10.5 Å². The number of amides is 1. The van der Waals surface area contributed by atoms with E-state index in [1.807, 2.05) is 30.7 Å². The van der Waals surface area contributed by atoms with Crippen LogP contribution in [0, 0.1) is 13.8 Å². The molecular formula is C23H27N3O4. The Morgan fingerprint density at radius 1 is 1.23 bits per heavy atom. The van der Waals surface area contributed by atoms with Gasteiger partial charge in [0.1, 0.15) is 6.61 Å². The number of carboxylic acid groups (broad SMARTS) is 1. The van der Waals surface area contributed by atoms with Gasteiger partial charge in [0.05, 0.1) is 12.2 Å². The van der Waals surface area contributed by atoms with E-state index >= 15 is 0 Å². The molecule has 2 N–H and O–H groups in total. The summed E-state index contributed by atoms with van der Waals surface area (Å²) in [5.74, 6) is -0.819. The van der Waals surface area contributed by atoms with Crippen molar-refractivity contribution in [3.8, 4) is 0 Å². The number of carboxylic acids is 1. The van der Waals surface area contributed by atoms with Gasteiger partial charge >= 0.3 is 12.1 Å². The molecular weight excluding hydrogens is 382 g/mol. The molecule has 0 aliphatic carbocycles. The number of hydrogen-bond donors (Lipinski definition) is 2. The fourth-order valence-corrected chi connectivity index (χ4v) is 2.98. The first-order valence-electron chi connectivity index (χ1n) is 9.55. The molecule has 0 unspecified atom stereocenters. The Labute approximate surface area is 176 Å². The molecule has 0 radical (unpaired) electrons. The summed E-state index contributed by atoms with van der Waals surface area (Å²) in [6.45, 7) is 11.8. The van der Waals surface area contributed by atoms with Gasteiger partial charge in [-0.05, 0) is 49.1 Å². The zero-order chi connectivity index (χ0) is 22.1. The Kier molecular flexibility index (Phi) is 8.17. The molecule has 0 spiro atoms. The molecule has 0 atom stereocenters. The van der Waals surface area contributed by atoms with E-state index in [1.54, 1.807) is 30.4 Å². The highest BCUT2D eigenvalue weighted by Crippen LogP contribution is 2.18. The normalized spacial score (nSPS) is 11.1. The second-order valence-electron chi connectivity index (χ2n) is 6.78. The number of benzene rings is 1. The molecule has 0 aliphatic rings. The quantitative estimate of drug-likeness (QED) is 0.567. The van der Waals surface area contributed by atoms with Gasteiger partial charge in [-0.3, -0.25) is 14.8 Å². The first-order chi connectivity index (χ1) is 14.3. The molecule has 1 aromatic heterocycles. The van der Waals surface area contributed by atoms with Crippen molar-refractivity contribution in [2.45, 2.75) is 33.2 Å². The Balaban J connectivity index is 1.96. The summed E-state index contributed by atoms with van der Waals surface area (Å²) in [5.41, 5.74) is 5.16. The number of ether oxygens (including phenoxy) is 1. The third-order valence-corrected chi connectivity index (χ3v) is 4.62. The molecule has 0 saturated heterocycles. The van der Waals surface area contributed by atoms with Gasteiger partial charge in [-0.15, -0.1) is 0 Å². The number of anilines is 1. The lowest BCUT2D eigenvalue weighted by Gasteiger charge is -2.09. The summed E-state index contributed by atoms with van der Waals surface area (Å²) >= 11 is 0. The maximum atomic E-state index is 11.9. The second-order valence-corrected chi connectivity index (χ2v) is 6.78. The summed E-state index contributed by atoms with van der Waals surface area (Å²) < 4.78 is 7.02. The van der Waals surface area contributed by atoms with Crippen molar-refractivity contribution in [2.75, 3.05) is 11.9 Å². The number of rotatable bonds is 10. The minimum atomic E-state index is -0.819. The molecule has 1 amide bonds. The lowest BCUT2D eigenvalue weighted by atomic mass is 10.1. The number of carbonyl (C=O) groups excluding carboxylic acids is 1. The molecule has 0 bridgehead atoms. The zero-order valence-corrected chi connectivity index (χ0v) is 17.4. The Morgan fingerprint density at radius 3 is 2.53 bits per heavy atom. The molecule has 1 heterocycles. The van der Waals surface area contributed by atoms with Crippen LogP contribution >= 0.6 is 0 Å². The lowest BCUT2D eigenvalue weighted by Crippen LogP contribution is -2.15. The van der Waals surface area contributed by atoms with Gasteiger partial charge in [0.2, 0.25) is 0 Å². The van der Waals surface area contributed by atoms with Crippen molar-refractivity contribution < 1.29 is 19.4 Å². The van der Waals surface area contributed by atoms with Crippen molar-refractivity contribution in [3.05, 3.63) is 83.7 Å². The van der Waals surface area contributed by atoms with Gasteiger partial charge in [-0.25, -0.2) is 4.79 Å². The average molecular weight is 409 g/mol. The van der Waals surface area contributed by atoms with E-state index in [9.17, 15) is 9.59 Å². The topological polar surface area (TPSA) is 93.5 Å². The maximum Gasteiger partial charge on any atom is 0.411 e. The standard InChI is InChI=1S/C23H27N3O4/c1-5-7-18(6-2)15-30-23(29)24-20-10-8-19(9-11-20)14-26-17(4)21(16(3)25-26)12-13-22(27)28/h5-11H,1-2,12-15H2,3-4H3,(H,24,29)(H,27,28)/b18-7+. The van der Waals surface area contributed by atoms with E-state index in [0.29, 0.717) is 18.7 Å². The molecule has 7 nitrogen and oxygen atoms in total. The first kappa shape index (κ1) is 22.7. The molecule has 7 heteroatoms. The molecule has 30 heavy (non-hydrogen) atoms. The third kappa shape index (κ3) is 6.48. The molecule has 1 aromatic carbocycles. The van der Waals surface area contributed by atoms with E-state index < -0.39 is 12.1 Å². The van der Waals surface area contributed by atoms with Crippen LogP contribution in [0.15, 0.2) is 61.2 Å². The molecule has 158 valence electrons. The van der Waals surface area contributed by atoms with Crippen LogP contribution in [-0.2, 0) is 22.5 Å². The lowest BCUT2D eigenvalue weighted by molar-refractivity contribution is -0.136. The van der Waals surface area contributed by atoms with Crippen LogP contribution in [0.5, 0.6) is 0 Å². The predicted molar refractivity (Wildman–Crippen MR) is 117 cm³/mol. The first-order valence-corrected chi connectivity index (χ1v) is 9.55. The van der Waals surface area contributed by atoms with Gasteiger partial charge in [0, 0.05) is 17.8 Å². The smallest absolute Gasteiger partial charge is 0.411 e. The van der Waals surface area contributed by atoms with E-state index in [-0.39, 0.29) is 13.0 Å². The van der Waals surface area contributed by atoms with E-state index in [2.05, 4.69) is 23.6 Å². The van der Waals surface area contributed by atoms with Crippen LogP contribution in [0.3, 0.4) is 0 Å². The number of carbonyl (C=O) groups is 2. The van der Waals surface area contributed by atoms with Crippen molar-refractivity contribution >= 4 is 17.7 Å². The molecule has 2 rings (SSSR count). The van der Waals surface area contributed by atoms with Crippen molar-refractivity contribution in [1.29, 1.82) is 0 Å². The van der Waals surface area contributed by atoms with Crippen LogP contribution in [0.1, 0.15) is 28.9 Å². The van der Waals surface area contributed by atoms with Gasteiger partial charge < -0.3 is 9.84 Å². The minimum absolute atomic E-state index is 0.0848. The number of hydrogen-bond acceptors (Lipinski definition) is 4. The number of aromatic nitrogens is 2. The fourth-order valence-electron chi connectivity index (χ4n) is 2.98. The predicted octanol–water partition coefficient (Wildman–Crippen LogP) is 4.41. The van der Waals surface area contributed by atoms with Crippen LogP contribution < -0.4 is 5.32 Å². The summed E-state index contributed by atoms with van der Waals surface area (Å²) in [7, 11) is 0. The number of aliphatic carboxylic acids is 1. The van der Waals surface area contributed by atoms with Crippen molar-refractivity contribution in [2.24, 2.45) is 0 Å². The number of nitrogens with zero attached hydrogens (tertiary/aromatic N) is 2. The van der Waals surface area contributed by atoms with Gasteiger partial charge in [0.15, 0.2) is 0 Å². The van der Waals surface area contributed by atoms with Crippen molar-refractivity contribution in [1.82, 2.24) is 9.78 Å². The summed E-state index contributed by atoms with van der Waals surface area (Å²) in [6, 6.07) is 7.38. The maximum absolute atomic E-state index is 11.9. The van der Waals surface area contributed by atoms with Gasteiger partial charge in [-0.1, -0.05) is 43.5 Å². The zero-order valence-electron chi connectivity index (χ0n) is 17.4. The Hall–Kier alpha value is -3.61. The van der Waals surface area contributed by atoms with Crippen molar-refractivity contribution in [3.63, 3.8) is 0 Å². The van der Waals surface area contributed by atoms with Gasteiger partial charge in [0.25, 0.3) is 0 Å². The monoisotopic (exact) mass is 409 g/mol.